The van der Waals surface area contributed by atoms with Crippen molar-refractivity contribution < 1.29 is 29.0 Å². The van der Waals surface area contributed by atoms with Crippen molar-refractivity contribution in [2.75, 3.05) is 11.5 Å². The number of amides is 3. The predicted octanol–water partition coefficient (Wildman–Crippen LogP) is 0.915. The summed E-state index contributed by atoms with van der Waals surface area (Å²) in [6.45, 7) is 5.33. The molecule has 11 heteroatoms. The number of rotatable bonds is 2. The molecule has 9 nitrogen and oxygen atoms in total. The summed E-state index contributed by atoms with van der Waals surface area (Å²) in [5.74, 6) is -1.09. The van der Waals surface area contributed by atoms with Gasteiger partial charge in [0.05, 0.1) is 25.0 Å². The number of carbonyl (C=O) groups is 4. The van der Waals surface area contributed by atoms with E-state index in [1.54, 1.807) is 16.9 Å². The molecule has 0 spiro atoms. The van der Waals surface area contributed by atoms with Gasteiger partial charge >= 0.3 is 5.97 Å². The van der Waals surface area contributed by atoms with Crippen LogP contribution in [0.2, 0.25) is 0 Å². The highest BCUT2D eigenvalue weighted by Gasteiger charge is 2.33. The van der Waals surface area contributed by atoms with Crippen LogP contribution in [0.3, 0.4) is 0 Å². The number of ether oxygens (including phenoxy) is 1. The Kier molecular flexibility index (Phi) is 10.9. The molecule has 0 aromatic carbocycles. The fraction of sp³-hybridized carbons (Fsp3) is 0.714. The van der Waals surface area contributed by atoms with Gasteiger partial charge in [0.1, 0.15) is 18.2 Å². The Bertz CT molecular complexity index is 720. The van der Waals surface area contributed by atoms with E-state index in [2.05, 4.69) is 16.0 Å². The van der Waals surface area contributed by atoms with E-state index >= 15 is 0 Å². The Morgan fingerprint density at radius 3 is 2.59 bits per heavy atom. The van der Waals surface area contributed by atoms with Crippen LogP contribution in [-0.2, 0) is 23.9 Å². The molecule has 2 aliphatic heterocycles. The summed E-state index contributed by atoms with van der Waals surface area (Å²) in [6.07, 6.45) is 2.41. The van der Waals surface area contributed by atoms with Crippen LogP contribution >= 0.6 is 21.6 Å². The molecule has 2 aliphatic rings. The maximum atomic E-state index is 13.1. The molecule has 1 saturated heterocycles. The fourth-order valence-electron chi connectivity index (χ4n) is 3.37. The van der Waals surface area contributed by atoms with Crippen LogP contribution in [0.1, 0.15) is 46.5 Å². The molecule has 2 bridgehead atoms. The normalized spacial score (nSPS) is 32.3. The minimum absolute atomic E-state index is 0.118. The quantitative estimate of drug-likeness (QED) is 0.257. The number of allylic oxidation sites excluding steroid dienone is 1. The molecule has 0 unspecified atom stereocenters. The predicted molar refractivity (Wildman–Crippen MR) is 125 cm³/mol. The fourth-order valence-corrected chi connectivity index (χ4v) is 5.52. The van der Waals surface area contributed by atoms with E-state index in [-0.39, 0.29) is 18.8 Å². The van der Waals surface area contributed by atoms with Crippen molar-refractivity contribution in [3.63, 3.8) is 0 Å². The van der Waals surface area contributed by atoms with Crippen LogP contribution in [0.5, 0.6) is 0 Å². The molecule has 2 heterocycles. The second-order valence-corrected chi connectivity index (χ2v) is 10.7. The van der Waals surface area contributed by atoms with Crippen LogP contribution in [0.25, 0.3) is 0 Å². The number of hydrogen-bond donors (Lipinski definition) is 4. The summed E-state index contributed by atoms with van der Waals surface area (Å²) in [4.78, 5) is 50.7. The lowest BCUT2D eigenvalue weighted by atomic mass is 9.92. The Morgan fingerprint density at radius 1 is 1.12 bits per heavy atom. The summed E-state index contributed by atoms with van der Waals surface area (Å²) < 4.78 is 5.46. The van der Waals surface area contributed by atoms with Gasteiger partial charge < -0.3 is 25.8 Å². The maximum Gasteiger partial charge on any atom is 0.309 e. The van der Waals surface area contributed by atoms with Crippen LogP contribution in [0.4, 0.5) is 0 Å². The van der Waals surface area contributed by atoms with E-state index in [9.17, 15) is 24.3 Å². The van der Waals surface area contributed by atoms with Gasteiger partial charge in [-0.3, -0.25) is 19.2 Å². The average molecular weight is 488 g/mol. The third kappa shape index (κ3) is 8.32. The van der Waals surface area contributed by atoms with Crippen LogP contribution in [0.15, 0.2) is 12.2 Å². The molecule has 0 aliphatic carbocycles. The highest BCUT2D eigenvalue weighted by molar-refractivity contribution is 8.76. The van der Waals surface area contributed by atoms with Crippen molar-refractivity contribution in [3.8, 4) is 0 Å². The Morgan fingerprint density at radius 2 is 1.88 bits per heavy atom. The lowest BCUT2D eigenvalue weighted by Crippen LogP contribution is -2.57. The summed E-state index contributed by atoms with van der Waals surface area (Å²) in [6, 6.07) is -2.42. The number of aliphatic hydroxyl groups excluding tert-OH is 1. The molecule has 0 aromatic heterocycles. The van der Waals surface area contributed by atoms with Crippen LogP contribution in [-0.4, -0.2) is 70.6 Å². The zero-order valence-electron chi connectivity index (χ0n) is 18.7. The van der Waals surface area contributed by atoms with Gasteiger partial charge in [-0.15, -0.1) is 0 Å². The number of esters is 1. The first kappa shape index (κ1) is 26.5. The first-order valence-electron chi connectivity index (χ1n) is 10.9. The van der Waals surface area contributed by atoms with Gasteiger partial charge in [0.2, 0.25) is 17.7 Å². The maximum absolute atomic E-state index is 13.1. The summed E-state index contributed by atoms with van der Waals surface area (Å²) in [7, 11) is 3.03. The number of hydrogen-bond acceptors (Lipinski definition) is 8. The molecule has 4 N–H and O–H groups in total. The summed E-state index contributed by atoms with van der Waals surface area (Å²) in [5.41, 5.74) is 0. The largest absolute Gasteiger partial charge is 0.457 e. The van der Waals surface area contributed by atoms with Crippen molar-refractivity contribution in [2.24, 2.45) is 5.92 Å². The zero-order chi connectivity index (χ0) is 23.7. The number of aliphatic hydroxyl groups is 1. The second-order valence-electron chi connectivity index (χ2n) is 8.10. The minimum Gasteiger partial charge on any atom is -0.457 e. The lowest BCUT2D eigenvalue weighted by Gasteiger charge is -2.30. The molecule has 0 aromatic rings. The topological polar surface area (TPSA) is 134 Å². The summed E-state index contributed by atoms with van der Waals surface area (Å²) >= 11 is 0. The van der Waals surface area contributed by atoms with Gasteiger partial charge in [-0.2, -0.15) is 0 Å². The van der Waals surface area contributed by atoms with Gasteiger partial charge in [-0.05, 0) is 25.3 Å². The zero-order valence-corrected chi connectivity index (χ0v) is 20.3. The Hall–Kier alpha value is -1.72. The second kappa shape index (κ2) is 13.1. The minimum atomic E-state index is -1.17. The van der Waals surface area contributed by atoms with E-state index in [0.29, 0.717) is 18.6 Å². The highest BCUT2D eigenvalue weighted by Crippen LogP contribution is 2.24. The molecule has 180 valence electrons. The highest BCUT2D eigenvalue weighted by atomic mass is 33.1. The molecular formula is C21H33N3O6S2. The molecule has 0 saturated carbocycles. The third-order valence-electron chi connectivity index (χ3n) is 5.47. The van der Waals surface area contributed by atoms with E-state index < -0.39 is 54.0 Å². The van der Waals surface area contributed by atoms with Crippen molar-refractivity contribution >= 4 is 45.3 Å². The monoisotopic (exact) mass is 487 g/mol. The Labute approximate surface area is 196 Å². The van der Waals surface area contributed by atoms with E-state index in [4.69, 9.17) is 4.74 Å². The molecular weight excluding hydrogens is 454 g/mol. The number of nitrogens with one attached hydrogen (secondary N) is 3. The van der Waals surface area contributed by atoms with Gasteiger partial charge in [0, 0.05) is 11.5 Å². The molecule has 0 radical (unpaired) electrons. The van der Waals surface area contributed by atoms with Crippen molar-refractivity contribution in [3.05, 3.63) is 12.2 Å². The first-order chi connectivity index (χ1) is 15.2. The van der Waals surface area contributed by atoms with E-state index in [1.165, 1.54) is 17.7 Å². The van der Waals surface area contributed by atoms with Gasteiger partial charge in [-0.1, -0.05) is 47.9 Å². The van der Waals surface area contributed by atoms with Crippen LogP contribution < -0.4 is 16.0 Å². The standard InChI is InChI=1S/C21H33N3O6S2/c1-4-12(2)19-16(25)10-18(27)30-14-7-5-6-8-31-32-11-15(21(29)24-19)23-20(28)13(3)22-17(26)9-14/h5,7,12-16,19,25H,4,6,8-11H2,1-3H3,(H,22,26)(H,23,28)(H,24,29)/t12-,13+,14+,15+,16-,19+/m0/s1. The van der Waals surface area contributed by atoms with Crippen molar-refractivity contribution in [1.82, 2.24) is 16.0 Å². The van der Waals surface area contributed by atoms with Gasteiger partial charge in [-0.25, -0.2) is 0 Å². The smallest absolute Gasteiger partial charge is 0.309 e. The molecule has 2 rings (SSSR count). The number of carbonyl (C=O) groups excluding carboxylic acids is 4. The average Bonchev–Trinajstić information content (AvgIpc) is 2.73. The van der Waals surface area contributed by atoms with Gasteiger partial charge in [0.25, 0.3) is 0 Å². The third-order valence-corrected chi connectivity index (χ3v) is 7.91. The van der Waals surface area contributed by atoms with Crippen LogP contribution in [0, 0.1) is 5.92 Å². The van der Waals surface area contributed by atoms with Gasteiger partial charge in [0.15, 0.2) is 0 Å². The SMILES string of the molecule is CC[C@H](C)[C@H]1NC(=O)[C@H]2CSSCCC=C[C@H](CC(=O)N[C@H](C)C(=O)N2)OC(=O)C[C@@H]1O. The first-order valence-corrected chi connectivity index (χ1v) is 13.4. The molecule has 32 heavy (non-hydrogen) atoms. The van der Waals surface area contributed by atoms with E-state index in [1.807, 2.05) is 19.9 Å². The van der Waals surface area contributed by atoms with E-state index in [0.717, 1.165) is 5.75 Å². The Balaban J connectivity index is 2.43. The molecule has 1 fully saturated rings. The summed E-state index contributed by atoms with van der Waals surface area (Å²) in [5, 5.41) is 18.9. The number of fused-ring (bicyclic) bond motifs is 7. The molecule has 3 amide bonds. The van der Waals surface area contributed by atoms with Crippen molar-refractivity contribution in [1.29, 1.82) is 0 Å². The molecule has 6 atom stereocenters. The lowest BCUT2D eigenvalue weighted by molar-refractivity contribution is -0.151. The van der Waals surface area contributed by atoms with Crippen molar-refractivity contribution in [2.45, 2.75) is 76.8 Å².